The van der Waals surface area contributed by atoms with Crippen molar-refractivity contribution in [3.05, 3.63) is 65.4 Å². The maximum atomic E-state index is 12.4. The van der Waals surface area contributed by atoms with Gasteiger partial charge in [0.2, 0.25) is 0 Å². The van der Waals surface area contributed by atoms with Crippen molar-refractivity contribution in [2.75, 3.05) is 18.0 Å². The number of rotatable bonds is 4. The van der Waals surface area contributed by atoms with Crippen LogP contribution in [0.5, 0.6) is 0 Å². The maximum Gasteiger partial charge on any atom is 0.251 e. The van der Waals surface area contributed by atoms with Crippen molar-refractivity contribution in [3.63, 3.8) is 0 Å². The van der Waals surface area contributed by atoms with Crippen LogP contribution < -0.4 is 10.2 Å². The number of nitrogens with zero attached hydrogens (tertiary/aromatic N) is 1. The molecule has 2 N–H and O–H groups in total. The maximum absolute atomic E-state index is 12.4. The third-order valence-corrected chi connectivity index (χ3v) is 4.87. The second kappa shape index (κ2) is 6.63. The van der Waals surface area contributed by atoms with Gasteiger partial charge < -0.3 is 15.2 Å². The monoisotopic (exact) mass is 333 g/mol. The van der Waals surface area contributed by atoms with E-state index in [-0.39, 0.29) is 5.91 Å². The first-order valence-electron chi connectivity index (χ1n) is 8.90. The number of anilines is 1. The minimum atomic E-state index is -0.0293. The number of benzene rings is 2. The normalized spacial score (nSPS) is 14.2. The number of aromatic nitrogens is 1. The van der Waals surface area contributed by atoms with E-state index in [0.717, 1.165) is 29.9 Å². The molecule has 0 aliphatic carbocycles. The molecule has 0 spiro atoms. The molecule has 0 atom stereocenters. The van der Waals surface area contributed by atoms with Crippen LogP contribution in [0.2, 0.25) is 0 Å². The Balaban J connectivity index is 1.40. The zero-order valence-corrected chi connectivity index (χ0v) is 14.5. The van der Waals surface area contributed by atoms with Crippen LogP contribution in [-0.4, -0.2) is 24.0 Å². The van der Waals surface area contributed by atoms with Gasteiger partial charge >= 0.3 is 0 Å². The fourth-order valence-electron chi connectivity index (χ4n) is 3.52. The van der Waals surface area contributed by atoms with Gasteiger partial charge in [0.25, 0.3) is 5.91 Å². The van der Waals surface area contributed by atoms with Crippen molar-refractivity contribution in [3.8, 4) is 0 Å². The zero-order valence-electron chi connectivity index (χ0n) is 14.5. The van der Waals surface area contributed by atoms with E-state index in [4.69, 9.17) is 0 Å². The van der Waals surface area contributed by atoms with Gasteiger partial charge in [0, 0.05) is 42.1 Å². The standard InChI is InChI=1S/C21H23N3O/c1-15-12-18-13-16(4-9-20(18)23-15)14-22-21(25)17-5-7-19(8-6-17)24-10-2-3-11-24/h4-9,12-13,23H,2-3,10-11,14H2,1H3,(H,22,25). The van der Waals surface area contributed by atoms with Crippen LogP contribution in [0, 0.1) is 6.92 Å². The summed E-state index contributed by atoms with van der Waals surface area (Å²) >= 11 is 0. The smallest absolute Gasteiger partial charge is 0.251 e. The van der Waals surface area contributed by atoms with E-state index in [0.29, 0.717) is 12.1 Å². The summed E-state index contributed by atoms with van der Waals surface area (Å²) < 4.78 is 0. The van der Waals surface area contributed by atoms with Gasteiger partial charge in [0.15, 0.2) is 0 Å². The Morgan fingerprint density at radius 3 is 2.60 bits per heavy atom. The first kappa shape index (κ1) is 15.8. The number of fused-ring (bicyclic) bond motifs is 1. The second-order valence-corrected chi connectivity index (χ2v) is 6.80. The highest BCUT2D eigenvalue weighted by Crippen LogP contribution is 2.20. The van der Waals surface area contributed by atoms with Gasteiger partial charge in [0.1, 0.15) is 0 Å². The highest BCUT2D eigenvalue weighted by molar-refractivity contribution is 5.94. The molecule has 1 saturated heterocycles. The third-order valence-electron chi connectivity index (χ3n) is 4.87. The Kier molecular flexibility index (Phi) is 4.18. The number of amides is 1. The van der Waals surface area contributed by atoms with E-state index in [1.54, 1.807) is 0 Å². The summed E-state index contributed by atoms with van der Waals surface area (Å²) in [7, 11) is 0. The van der Waals surface area contributed by atoms with E-state index >= 15 is 0 Å². The average Bonchev–Trinajstić information content (AvgIpc) is 3.28. The molecule has 4 heteroatoms. The number of aromatic amines is 1. The molecule has 2 heterocycles. The minimum Gasteiger partial charge on any atom is -0.372 e. The quantitative estimate of drug-likeness (QED) is 0.758. The molecular weight excluding hydrogens is 310 g/mol. The first-order chi connectivity index (χ1) is 12.2. The Morgan fingerprint density at radius 2 is 1.84 bits per heavy atom. The van der Waals surface area contributed by atoms with E-state index in [1.807, 2.05) is 19.1 Å². The molecule has 1 amide bonds. The lowest BCUT2D eigenvalue weighted by Gasteiger charge is -2.17. The van der Waals surface area contributed by atoms with Crippen LogP contribution in [0.25, 0.3) is 10.9 Å². The molecule has 0 unspecified atom stereocenters. The van der Waals surface area contributed by atoms with Crippen molar-refractivity contribution < 1.29 is 4.79 Å². The number of aryl methyl sites for hydroxylation is 1. The first-order valence-corrected chi connectivity index (χ1v) is 8.90. The summed E-state index contributed by atoms with van der Waals surface area (Å²) in [5, 5.41) is 4.19. The fraction of sp³-hybridized carbons (Fsp3) is 0.286. The number of carbonyl (C=O) groups excluding carboxylic acids is 1. The van der Waals surface area contributed by atoms with Gasteiger partial charge in [0.05, 0.1) is 0 Å². The lowest BCUT2D eigenvalue weighted by atomic mass is 10.1. The lowest BCUT2D eigenvalue weighted by Crippen LogP contribution is -2.23. The summed E-state index contributed by atoms with van der Waals surface area (Å²) in [5.74, 6) is -0.0293. The van der Waals surface area contributed by atoms with Crippen LogP contribution in [0.15, 0.2) is 48.5 Å². The van der Waals surface area contributed by atoms with Crippen LogP contribution in [0.3, 0.4) is 0 Å². The largest absolute Gasteiger partial charge is 0.372 e. The molecular formula is C21H23N3O. The topological polar surface area (TPSA) is 48.1 Å². The molecule has 25 heavy (non-hydrogen) atoms. The number of H-pyrrole nitrogens is 1. The van der Waals surface area contributed by atoms with E-state index in [1.165, 1.54) is 23.9 Å². The molecule has 2 aromatic carbocycles. The molecule has 1 aliphatic heterocycles. The second-order valence-electron chi connectivity index (χ2n) is 6.80. The summed E-state index contributed by atoms with van der Waals surface area (Å²) in [4.78, 5) is 18.1. The molecule has 3 aromatic rings. The average molecular weight is 333 g/mol. The molecule has 1 fully saturated rings. The van der Waals surface area contributed by atoms with Gasteiger partial charge in [-0.3, -0.25) is 4.79 Å². The minimum absolute atomic E-state index is 0.0293. The van der Waals surface area contributed by atoms with E-state index in [9.17, 15) is 4.79 Å². The number of hydrogen-bond acceptors (Lipinski definition) is 2. The number of nitrogens with one attached hydrogen (secondary N) is 2. The van der Waals surface area contributed by atoms with E-state index < -0.39 is 0 Å². The highest BCUT2D eigenvalue weighted by atomic mass is 16.1. The molecule has 0 saturated carbocycles. The van der Waals surface area contributed by atoms with Gasteiger partial charge in [-0.1, -0.05) is 6.07 Å². The lowest BCUT2D eigenvalue weighted by molar-refractivity contribution is 0.0951. The van der Waals surface area contributed by atoms with Crippen LogP contribution in [-0.2, 0) is 6.54 Å². The Morgan fingerprint density at radius 1 is 1.08 bits per heavy atom. The SMILES string of the molecule is Cc1cc2cc(CNC(=O)c3ccc(N4CCCC4)cc3)ccc2[nH]1. The van der Waals surface area contributed by atoms with E-state index in [2.05, 4.69) is 51.6 Å². The van der Waals surface area contributed by atoms with Gasteiger partial charge in [-0.2, -0.15) is 0 Å². The highest BCUT2D eigenvalue weighted by Gasteiger charge is 2.13. The summed E-state index contributed by atoms with van der Waals surface area (Å²) in [6, 6.07) is 16.3. The molecule has 128 valence electrons. The molecule has 1 aliphatic rings. The van der Waals surface area contributed by atoms with Crippen molar-refractivity contribution in [1.29, 1.82) is 0 Å². The summed E-state index contributed by atoms with van der Waals surface area (Å²) in [6.07, 6.45) is 2.51. The molecule has 1 aromatic heterocycles. The van der Waals surface area contributed by atoms with Crippen LogP contribution in [0.1, 0.15) is 34.5 Å². The van der Waals surface area contributed by atoms with Gasteiger partial charge in [-0.05, 0) is 73.2 Å². The predicted molar refractivity (Wildman–Crippen MR) is 102 cm³/mol. The molecule has 0 bridgehead atoms. The van der Waals surface area contributed by atoms with Crippen molar-refractivity contribution in [2.24, 2.45) is 0 Å². The third kappa shape index (κ3) is 3.38. The summed E-state index contributed by atoms with van der Waals surface area (Å²) in [6.45, 7) is 4.82. The summed E-state index contributed by atoms with van der Waals surface area (Å²) in [5.41, 5.74) is 5.30. The molecule has 4 nitrogen and oxygen atoms in total. The number of hydrogen-bond donors (Lipinski definition) is 2. The predicted octanol–water partition coefficient (Wildman–Crippen LogP) is 4.01. The van der Waals surface area contributed by atoms with Gasteiger partial charge in [-0.15, -0.1) is 0 Å². The van der Waals surface area contributed by atoms with Crippen LogP contribution in [0.4, 0.5) is 5.69 Å². The van der Waals surface area contributed by atoms with Crippen LogP contribution >= 0.6 is 0 Å². The van der Waals surface area contributed by atoms with Crippen molar-refractivity contribution in [2.45, 2.75) is 26.3 Å². The Hall–Kier alpha value is -2.75. The van der Waals surface area contributed by atoms with Crippen molar-refractivity contribution >= 4 is 22.5 Å². The zero-order chi connectivity index (χ0) is 17.2. The van der Waals surface area contributed by atoms with Crippen molar-refractivity contribution in [1.82, 2.24) is 10.3 Å². The van der Waals surface area contributed by atoms with Gasteiger partial charge in [-0.25, -0.2) is 0 Å². The number of carbonyl (C=O) groups is 1. The molecule has 4 rings (SSSR count). The Bertz CT molecular complexity index is 889. The fourth-order valence-corrected chi connectivity index (χ4v) is 3.52. The molecule has 0 radical (unpaired) electrons. The Labute approximate surface area is 147 Å².